The van der Waals surface area contributed by atoms with Crippen LogP contribution in [0.3, 0.4) is 0 Å². The van der Waals surface area contributed by atoms with Gasteiger partial charge in [-0.25, -0.2) is 9.37 Å². The molecular weight excluding hydrogens is 267 g/mol. The third-order valence-electron chi connectivity index (χ3n) is 2.82. The summed E-state index contributed by atoms with van der Waals surface area (Å²) in [6.07, 6.45) is 2.19. The van der Waals surface area contributed by atoms with E-state index in [9.17, 15) is 9.18 Å². The van der Waals surface area contributed by atoms with Gasteiger partial charge in [0.05, 0.1) is 0 Å². The number of benzene rings is 1. The van der Waals surface area contributed by atoms with Crippen LogP contribution in [0.2, 0.25) is 0 Å². The highest BCUT2D eigenvalue weighted by Gasteiger charge is 2.09. The van der Waals surface area contributed by atoms with Gasteiger partial charge in [-0.2, -0.15) is 0 Å². The Kier molecular flexibility index (Phi) is 5.48. The third-order valence-corrected chi connectivity index (χ3v) is 2.82. The van der Waals surface area contributed by atoms with Gasteiger partial charge in [-0.3, -0.25) is 4.79 Å². The van der Waals surface area contributed by atoms with E-state index in [1.54, 1.807) is 30.5 Å². The number of carbonyl (C=O) groups is 1. The zero-order chi connectivity index (χ0) is 14.9. The van der Waals surface area contributed by atoms with Crippen LogP contribution in [-0.2, 0) is 6.67 Å². The topological polar surface area (TPSA) is 42.0 Å². The molecule has 0 unspecified atom stereocenters. The minimum absolute atomic E-state index is 0.275. The summed E-state index contributed by atoms with van der Waals surface area (Å²) in [6.45, 7) is -0.234. The van der Waals surface area contributed by atoms with Crippen LogP contribution >= 0.6 is 0 Å². The van der Waals surface area contributed by atoms with E-state index in [1.807, 2.05) is 18.2 Å². The van der Waals surface area contributed by atoms with E-state index in [-0.39, 0.29) is 5.91 Å². The van der Waals surface area contributed by atoms with E-state index < -0.39 is 6.67 Å². The smallest absolute Gasteiger partial charge is 0.251 e. The molecule has 1 N–H and O–H groups in total. The standard InChI is InChI=1S/C17H15FN2O/c18-13-14-7-1-2-10-16(14)17(21)20-12-6-4-9-15-8-3-5-11-19-15/h1-3,5,7-8,10-11H,6,12-13H2,(H,20,21). The maximum Gasteiger partial charge on any atom is 0.251 e. The van der Waals surface area contributed by atoms with Crippen LogP contribution in [0.4, 0.5) is 4.39 Å². The van der Waals surface area contributed by atoms with Crippen LogP contribution in [0.5, 0.6) is 0 Å². The number of halogens is 1. The second-order valence-electron chi connectivity index (χ2n) is 4.31. The van der Waals surface area contributed by atoms with Crippen molar-refractivity contribution < 1.29 is 9.18 Å². The van der Waals surface area contributed by atoms with Gasteiger partial charge in [0.25, 0.3) is 5.91 Å². The molecule has 0 bridgehead atoms. The fourth-order valence-corrected chi connectivity index (χ4v) is 1.78. The zero-order valence-electron chi connectivity index (χ0n) is 11.5. The van der Waals surface area contributed by atoms with Crippen LogP contribution in [0.1, 0.15) is 28.0 Å². The molecule has 4 heteroatoms. The predicted molar refractivity (Wildman–Crippen MR) is 79.3 cm³/mol. The Morgan fingerprint density at radius 2 is 2.00 bits per heavy atom. The number of rotatable bonds is 4. The summed E-state index contributed by atoms with van der Waals surface area (Å²) in [6, 6.07) is 12.2. The van der Waals surface area contributed by atoms with Gasteiger partial charge < -0.3 is 5.32 Å². The lowest BCUT2D eigenvalue weighted by Crippen LogP contribution is -2.25. The Bertz CT molecular complexity index is 659. The summed E-state index contributed by atoms with van der Waals surface area (Å²) in [5.74, 6) is 5.57. The maximum atomic E-state index is 12.8. The molecule has 0 saturated carbocycles. The van der Waals surface area contributed by atoms with Crippen molar-refractivity contribution in [2.24, 2.45) is 0 Å². The first kappa shape index (κ1) is 14.7. The summed E-state index contributed by atoms with van der Waals surface area (Å²) < 4.78 is 12.8. The Balaban J connectivity index is 1.84. The number of nitrogens with one attached hydrogen (secondary N) is 1. The van der Waals surface area contributed by atoms with Crippen molar-refractivity contribution >= 4 is 5.91 Å². The fraction of sp³-hybridized carbons (Fsp3) is 0.176. The normalized spacial score (nSPS) is 9.57. The van der Waals surface area contributed by atoms with Gasteiger partial charge >= 0.3 is 0 Å². The van der Waals surface area contributed by atoms with Crippen LogP contribution in [-0.4, -0.2) is 17.4 Å². The number of nitrogens with zero attached hydrogens (tertiary/aromatic N) is 1. The van der Waals surface area contributed by atoms with E-state index in [2.05, 4.69) is 22.1 Å². The molecule has 0 atom stereocenters. The molecule has 0 spiro atoms. The molecule has 0 aliphatic rings. The number of hydrogen-bond donors (Lipinski definition) is 1. The third kappa shape index (κ3) is 4.43. The molecule has 2 rings (SSSR count). The summed E-state index contributed by atoms with van der Waals surface area (Å²) in [5, 5.41) is 2.73. The van der Waals surface area contributed by atoms with Gasteiger partial charge in [0.2, 0.25) is 0 Å². The molecule has 1 aromatic carbocycles. The first-order valence-corrected chi connectivity index (χ1v) is 6.63. The lowest BCUT2D eigenvalue weighted by atomic mass is 10.1. The Hall–Kier alpha value is -2.67. The molecule has 0 aliphatic heterocycles. The molecule has 2 aromatic rings. The van der Waals surface area contributed by atoms with Crippen LogP contribution in [0.15, 0.2) is 48.7 Å². The average molecular weight is 282 g/mol. The van der Waals surface area contributed by atoms with Gasteiger partial charge in [-0.15, -0.1) is 0 Å². The molecule has 1 aromatic heterocycles. The molecule has 1 amide bonds. The van der Waals surface area contributed by atoms with Crippen molar-refractivity contribution in [2.45, 2.75) is 13.1 Å². The lowest BCUT2D eigenvalue weighted by molar-refractivity contribution is 0.0953. The minimum Gasteiger partial charge on any atom is -0.351 e. The minimum atomic E-state index is -0.650. The predicted octanol–water partition coefficient (Wildman–Crippen LogP) is 2.72. The quantitative estimate of drug-likeness (QED) is 0.692. The van der Waals surface area contributed by atoms with Gasteiger partial charge in [0.15, 0.2) is 0 Å². The maximum absolute atomic E-state index is 12.8. The van der Waals surface area contributed by atoms with Gasteiger partial charge in [0, 0.05) is 24.7 Å². The Labute approximate surface area is 123 Å². The van der Waals surface area contributed by atoms with Crippen molar-refractivity contribution in [2.75, 3.05) is 6.54 Å². The molecule has 1 heterocycles. The molecule has 0 fully saturated rings. The zero-order valence-corrected chi connectivity index (χ0v) is 11.5. The largest absolute Gasteiger partial charge is 0.351 e. The van der Waals surface area contributed by atoms with Crippen molar-refractivity contribution in [1.29, 1.82) is 0 Å². The molecule has 0 saturated heterocycles. The monoisotopic (exact) mass is 282 g/mol. The first-order valence-electron chi connectivity index (χ1n) is 6.63. The van der Waals surface area contributed by atoms with Crippen molar-refractivity contribution in [3.05, 3.63) is 65.5 Å². The summed E-state index contributed by atoms with van der Waals surface area (Å²) >= 11 is 0. The van der Waals surface area contributed by atoms with E-state index in [0.29, 0.717) is 29.8 Å². The van der Waals surface area contributed by atoms with Gasteiger partial charge in [0.1, 0.15) is 12.4 Å². The van der Waals surface area contributed by atoms with E-state index >= 15 is 0 Å². The number of aromatic nitrogens is 1. The van der Waals surface area contributed by atoms with Gasteiger partial charge in [-0.05, 0) is 29.7 Å². The van der Waals surface area contributed by atoms with Crippen LogP contribution in [0.25, 0.3) is 0 Å². The Morgan fingerprint density at radius 1 is 1.19 bits per heavy atom. The highest BCUT2D eigenvalue weighted by atomic mass is 19.1. The summed E-state index contributed by atoms with van der Waals surface area (Å²) in [4.78, 5) is 16.0. The van der Waals surface area contributed by atoms with Crippen LogP contribution < -0.4 is 5.32 Å². The first-order chi connectivity index (χ1) is 10.3. The molecular formula is C17H15FN2O. The highest BCUT2D eigenvalue weighted by Crippen LogP contribution is 2.09. The van der Waals surface area contributed by atoms with E-state index in [1.165, 1.54) is 0 Å². The van der Waals surface area contributed by atoms with Crippen molar-refractivity contribution in [1.82, 2.24) is 10.3 Å². The number of alkyl halides is 1. The SMILES string of the molecule is O=C(NCCC#Cc1ccccn1)c1ccccc1CF. The molecule has 106 valence electrons. The van der Waals surface area contributed by atoms with Crippen molar-refractivity contribution in [3.63, 3.8) is 0 Å². The fourth-order valence-electron chi connectivity index (χ4n) is 1.78. The summed E-state index contributed by atoms with van der Waals surface area (Å²) in [5.41, 5.74) is 1.47. The highest BCUT2D eigenvalue weighted by molar-refractivity contribution is 5.95. The van der Waals surface area contributed by atoms with Crippen molar-refractivity contribution in [3.8, 4) is 11.8 Å². The number of pyridine rings is 1. The number of carbonyl (C=O) groups excluding carboxylic acids is 1. The second kappa shape index (κ2) is 7.81. The van der Waals surface area contributed by atoms with E-state index in [0.717, 1.165) is 0 Å². The van der Waals surface area contributed by atoms with E-state index in [4.69, 9.17) is 0 Å². The van der Waals surface area contributed by atoms with Crippen LogP contribution in [0, 0.1) is 11.8 Å². The average Bonchev–Trinajstić information content (AvgIpc) is 2.55. The molecule has 0 aliphatic carbocycles. The molecule has 0 radical (unpaired) electrons. The number of hydrogen-bond acceptors (Lipinski definition) is 2. The molecule has 21 heavy (non-hydrogen) atoms. The second-order valence-corrected chi connectivity index (χ2v) is 4.31. The lowest BCUT2D eigenvalue weighted by Gasteiger charge is -2.06. The number of amides is 1. The summed E-state index contributed by atoms with van der Waals surface area (Å²) in [7, 11) is 0. The molecule has 3 nitrogen and oxygen atoms in total. The van der Waals surface area contributed by atoms with Gasteiger partial charge in [-0.1, -0.05) is 30.2 Å². The Morgan fingerprint density at radius 3 is 2.76 bits per heavy atom.